The smallest absolute Gasteiger partial charge is 0.142 e. The summed E-state index contributed by atoms with van der Waals surface area (Å²) in [4.78, 5) is 11.1. The number of ketones is 1. The van der Waals surface area contributed by atoms with Crippen LogP contribution in [-0.4, -0.2) is 5.78 Å². The maximum atomic E-state index is 13.2. The van der Waals surface area contributed by atoms with Crippen LogP contribution in [0.25, 0.3) is 0 Å². The monoisotopic (exact) mass is 242 g/mol. The Morgan fingerprint density at radius 2 is 2.06 bits per heavy atom. The molecular formula is C13H16ClFO. The van der Waals surface area contributed by atoms with Gasteiger partial charge in [0.1, 0.15) is 11.6 Å². The molecule has 0 aliphatic rings. The molecule has 88 valence electrons. The van der Waals surface area contributed by atoms with E-state index in [1.807, 2.05) is 13.8 Å². The Hall–Kier alpha value is -0.890. The van der Waals surface area contributed by atoms with Gasteiger partial charge >= 0.3 is 0 Å². The fourth-order valence-corrected chi connectivity index (χ4v) is 2.13. The van der Waals surface area contributed by atoms with Crippen LogP contribution < -0.4 is 0 Å². The van der Waals surface area contributed by atoms with Gasteiger partial charge in [0.05, 0.1) is 5.02 Å². The predicted molar refractivity (Wildman–Crippen MR) is 64.2 cm³/mol. The molecule has 1 nitrogen and oxygen atoms in total. The molecular weight excluding hydrogens is 227 g/mol. The van der Waals surface area contributed by atoms with Gasteiger partial charge in [0.25, 0.3) is 0 Å². The molecule has 0 amide bonds. The summed E-state index contributed by atoms with van der Waals surface area (Å²) in [5.74, 6) is -0.268. The molecule has 16 heavy (non-hydrogen) atoms. The average molecular weight is 243 g/mol. The van der Waals surface area contributed by atoms with Crippen molar-refractivity contribution in [3.8, 4) is 0 Å². The Bertz CT molecular complexity index is 399. The minimum Gasteiger partial charge on any atom is -0.300 e. The normalized spacial score (nSPS) is 11.6. The molecule has 1 aromatic carbocycles. The van der Waals surface area contributed by atoms with Gasteiger partial charge in [-0.25, -0.2) is 4.39 Å². The third-order valence-corrected chi connectivity index (χ3v) is 2.85. The highest BCUT2D eigenvalue weighted by atomic mass is 35.5. The number of hydrogen-bond acceptors (Lipinski definition) is 1. The molecule has 0 unspecified atom stereocenters. The van der Waals surface area contributed by atoms with Gasteiger partial charge in [-0.1, -0.05) is 37.6 Å². The van der Waals surface area contributed by atoms with E-state index >= 15 is 0 Å². The van der Waals surface area contributed by atoms with Crippen molar-refractivity contribution in [1.29, 1.82) is 0 Å². The van der Waals surface area contributed by atoms with Gasteiger partial charge in [-0.05, 0) is 30.4 Å². The summed E-state index contributed by atoms with van der Waals surface area (Å²) in [6.45, 7) is 5.53. The Kier molecular flexibility index (Phi) is 4.09. The lowest BCUT2D eigenvalue weighted by atomic mass is 9.81. The van der Waals surface area contributed by atoms with E-state index in [0.29, 0.717) is 12.8 Å². The second-order valence-corrected chi connectivity index (χ2v) is 5.31. The van der Waals surface area contributed by atoms with E-state index in [1.165, 1.54) is 6.07 Å². The molecule has 0 N–H and O–H groups in total. The minimum absolute atomic E-state index is 0.137. The van der Waals surface area contributed by atoms with E-state index in [4.69, 9.17) is 11.6 Å². The lowest BCUT2D eigenvalue weighted by Gasteiger charge is -2.23. The predicted octanol–water partition coefficient (Wildman–Crippen LogP) is 4.03. The summed E-state index contributed by atoms with van der Waals surface area (Å²) >= 11 is 5.88. The molecule has 0 radical (unpaired) electrons. The first-order valence-electron chi connectivity index (χ1n) is 5.24. The summed E-state index contributed by atoms with van der Waals surface area (Å²) in [6.07, 6.45) is 1.07. The van der Waals surface area contributed by atoms with Crippen molar-refractivity contribution in [3.63, 3.8) is 0 Å². The highest BCUT2D eigenvalue weighted by molar-refractivity contribution is 6.31. The number of carbonyl (C=O) groups is 1. The third kappa shape index (κ3) is 3.60. The number of halogens is 2. The summed E-state index contributed by atoms with van der Waals surface area (Å²) in [6, 6.07) is 4.78. The largest absolute Gasteiger partial charge is 0.300 e. The summed E-state index contributed by atoms with van der Waals surface area (Å²) < 4.78 is 13.2. The maximum Gasteiger partial charge on any atom is 0.142 e. The van der Waals surface area contributed by atoms with E-state index < -0.39 is 5.82 Å². The molecule has 0 bridgehead atoms. The van der Waals surface area contributed by atoms with Crippen LogP contribution in [0.2, 0.25) is 5.02 Å². The molecule has 0 fully saturated rings. The molecule has 0 atom stereocenters. The zero-order valence-electron chi connectivity index (χ0n) is 9.81. The molecule has 1 aromatic rings. The number of carbonyl (C=O) groups excluding carboxylic acids is 1. The second kappa shape index (κ2) is 4.96. The van der Waals surface area contributed by atoms with Crippen molar-refractivity contribution in [2.75, 3.05) is 0 Å². The molecule has 0 saturated carbocycles. The number of hydrogen-bond donors (Lipinski definition) is 0. The highest BCUT2D eigenvalue weighted by Gasteiger charge is 2.22. The zero-order valence-corrected chi connectivity index (χ0v) is 10.6. The van der Waals surface area contributed by atoms with Crippen LogP contribution in [0.5, 0.6) is 0 Å². The summed E-state index contributed by atoms with van der Waals surface area (Å²) in [5, 5.41) is 0.166. The Balaban J connectivity index is 2.87. The van der Waals surface area contributed by atoms with Gasteiger partial charge in [0, 0.05) is 6.42 Å². The van der Waals surface area contributed by atoms with Gasteiger partial charge in [-0.15, -0.1) is 0 Å². The third-order valence-electron chi connectivity index (χ3n) is 2.43. The Morgan fingerprint density at radius 1 is 1.44 bits per heavy atom. The van der Waals surface area contributed by atoms with Gasteiger partial charge in [0.2, 0.25) is 0 Å². The van der Waals surface area contributed by atoms with Crippen molar-refractivity contribution in [3.05, 3.63) is 34.6 Å². The molecule has 3 heteroatoms. The SMILES string of the molecule is CC(=O)CC(C)(C)Cc1cccc(F)c1Cl. The number of rotatable bonds is 4. The Morgan fingerprint density at radius 3 is 2.62 bits per heavy atom. The number of benzene rings is 1. The van der Waals surface area contributed by atoms with Crippen LogP contribution in [-0.2, 0) is 11.2 Å². The summed E-state index contributed by atoms with van der Waals surface area (Å²) in [7, 11) is 0. The van der Waals surface area contributed by atoms with Crippen molar-refractivity contribution in [2.45, 2.75) is 33.6 Å². The average Bonchev–Trinajstić information content (AvgIpc) is 2.10. The Labute approximate surface area is 101 Å². The topological polar surface area (TPSA) is 17.1 Å². The first kappa shape index (κ1) is 13.2. The zero-order chi connectivity index (χ0) is 12.3. The summed E-state index contributed by atoms with van der Waals surface area (Å²) in [5.41, 5.74) is 0.566. The molecule has 0 aliphatic heterocycles. The first-order valence-corrected chi connectivity index (χ1v) is 5.62. The van der Waals surface area contributed by atoms with Gasteiger partial charge in [-0.2, -0.15) is 0 Å². The van der Waals surface area contributed by atoms with Crippen molar-refractivity contribution >= 4 is 17.4 Å². The maximum absolute atomic E-state index is 13.2. The molecule has 1 rings (SSSR count). The lowest BCUT2D eigenvalue weighted by Crippen LogP contribution is -2.18. The van der Waals surface area contributed by atoms with E-state index in [1.54, 1.807) is 19.1 Å². The first-order chi connectivity index (χ1) is 7.32. The van der Waals surface area contributed by atoms with E-state index in [2.05, 4.69) is 0 Å². The molecule has 0 heterocycles. The van der Waals surface area contributed by atoms with Gasteiger partial charge in [0.15, 0.2) is 0 Å². The molecule has 0 spiro atoms. The van der Waals surface area contributed by atoms with Crippen molar-refractivity contribution < 1.29 is 9.18 Å². The fraction of sp³-hybridized carbons (Fsp3) is 0.462. The van der Waals surface area contributed by atoms with Crippen molar-refractivity contribution in [1.82, 2.24) is 0 Å². The van der Waals surface area contributed by atoms with Crippen LogP contribution in [0, 0.1) is 11.2 Å². The second-order valence-electron chi connectivity index (χ2n) is 4.93. The quantitative estimate of drug-likeness (QED) is 0.779. The molecule has 0 aromatic heterocycles. The number of Topliss-reactive ketones (excluding diaryl/α,β-unsaturated/α-hetero) is 1. The standard InChI is InChI=1S/C13H16ClFO/c1-9(16)7-13(2,3)8-10-5-4-6-11(15)12(10)14/h4-6H,7-8H2,1-3H3. The minimum atomic E-state index is -0.405. The highest BCUT2D eigenvalue weighted by Crippen LogP contribution is 2.30. The van der Waals surface area contributed by atoms with Crippen LogP contribution in [0.3, 0.4) is 0 Å². The fourth-order valence-electron chi connectivity index (χ4n) is 1.94. The van der Waals surface area contributed by atoms with Crippen molar-refractivity contribution in [2.24, 2.45) is 5.41 Å². The van der Waals surface area contributed by atoms with E-state index in [0.717, 1.165) is 5.56 Å². The van der Waals surface area contributed by atoms with Crippen LogP contribution in [0.1, 0.15) is 32.8 Å². The lowest BCUT2D eigenvalue weighted by molar-refractivity contribution is -0.118. The van der Waals surface area contributed by atoms with Gasteiger partial charge in [-0.3, -0.25) is 0 Å². The molecule has 0 saturated heterocycles. The van der Waals surface area contributed by atoms with Crippen LogP contribution in [0.15, 0.2) is 18.2 Å². The van der Waals surface area contributed by atoms with Gasteiger partial charge < -0.3 is 4.79 Å². The van der Waals surface area contributed by atoms with Crippen LogP contribution in [0.4, 0.5) is 4.39 Å². The molecule has 0 aliphatic carbocycles. The van der Waals surface area contributed by atoms with E-state index in [-0.39, 0.29) is 16.2 Å². The van der Waals surface area contributed by atoms with E-state index in [9.17, 15) is 9.18 Å². The van der Waals surface area contributed by atoms with Crippen LogP contribution >= 0.6 is 11.6 Å².